The molecule has 0 saturated carbocycles. The standard InChI is InChI=1S/C20H21N5O2/c26-20(21-16-5-2-1-3-6-16)19-23-22-18-9-14-10-24(11-15(14)12-25(18)19)13-17-7-4-8-27-17/h1-8,14-15H,9-13H2,(H,21,26)/t14-,15+/m0/s1. The first-order chi connectivity index (χ1) is 13.3. The molecule has 2 atom stereocenters. The second-order valence-corrected chi connectivity index (χ2v) is 7.37. The van der Waals surface area contributed by atoms with Crippen molar-refractivity contribution in [1.29, 1.82) is 0 Å². The predicted octanol–water partition coefficient (Wildman–Crippen LogP) is 2.43. The number of carbonyl (C=O) groups is 1. The zero-order chi connectivity index (χ0) is 18.2. The normalized spacial score (nSPS) is 21.6. The molecular weight excluding hydrogens is 342 g/mol. The Kier molecular flexibility index (Phi) is 4.01. The number of carbonyl (C=O) groups excluding carboxylic acids is 1. The molecule has 0 bridgehead atoms. The maximum Gasteiger partial charge on any atom is 0.293 e. The van der Waals surface area contributed by atoms with Gasteiger partial charge < -0.3 is 14.3 Å². The SMILES string of the molecule is O=C(Nc1ccccc1)c1nnc2n1C[C@H]1CN(Cc3ccco3)C[C@@H]1C2. The van der Waals surface area contributed by atoms with Crippen LogP contribution in [0.5, 0.6) is 0 Å². The molecule has 0 spiro atoms. The molecule has 138 valence electrons. The minimum atomic E-state index is -0.205. The fraction of sp³-hybridized carbons (Fsp3) is 0.350. The topological polar surface area (TPSA) is 76.2 Å². The van der Waals surface area contributed by atoms with E-state index in [0.29, 0.717) is 17.7 Å². The number of furan rings is 1. The summed E-state index contributed by atoms with van der Waals surface area (Å²) in [6, 6.07) is 13.4. The molecule has 1 fully saturated rings. The molecule has 1 N–H and O–H groups in total. The average Bonchev–Trinajstić information content (AvgIpc) is 3.40. The summed E-state index contributed by atoms with van der Waals surface area (Å²) in [6.45, 7) is 3.66. The van der Waals surface area contributed by atoms with Crippen LogP contribution in [0.1, 0.15) is 22.2 Å². The van der Waals surface area contributed by atoms with Gasteiger partial charge in [-0.3, -0.25) is 9.69 Å². The molecule has 1 amide bonds. The fourth-order valence-electron chi connectivity index (χ4n) is 4.25. The molecule has 3 aromatic rings. The first-order valence-electron chi connectivity index (χ1n) is 9.29. The number of benzene rings is 1. The van der Waals surface area contributed by atoms with Crippen LogP contribution in [0, 0.1) is 11.8 Å². The molecule has 2 aliphatic rings. The molecule has 0 unspecified atom stereocenters. The van der Waals surface area contributed by atoms with E-state index in [1.54, 1.807) is 6.26 Å². The highest BCUT2D eigenvalue weighted by molar-refractivity contribution is 6.01. The van der Waals surface area contributed by atoms with Gasteiger partial charge in [0.15, 0.2) is 0 Å². The molecular formula is C20H21N5O2. The lowest BCUT2D eigenvalue weighted by Gasteiger charge is -2.25. The van der Waals surface area contributed by atoms with Crippen molar-refractivity contribution in [3.63, 3.8) is 0 Å². The zero-order valence-electron chi connectivity index (χ0n) is 14.9. The molecule has 2 aromatic heterocycles. The van der Waals surface area contributed by atoms with Crippen LogP contribution < -0.4 is 5.32 Å². The Hall–Kier alpha value is -2.93. The summed E-state index contributed by atoms with van der Waals surface area (Å²) in [7, 11) is 0. The third-order valence-electron chi connectivity index (χ3n) is 5.54. The second kappa shape index (κ2) is 6.66. The number of aromatic nitrogens is 3. The first kappa shape index (κ1) is 16.3. The number of para-hydroxylation sites is 1. The van der Waals surface area contributed by atoms with Crippen LogP contribution in [0.15, 0.2) is 53.1 Å². The molecule has 27 heavy (non-hydrogen) atoms. The molecule has 7 nitrogen and oxygen atoms in total. The summed E-state index contributed by atoms with van der Waals surface area (Å²) in [5.41, 5.74) is 0.763. The number of anilines is 1. The van der Waals surface area contributed by atoms with Gasteiger partial charge in [-0.15, -0.1) is 10.2 Å². The van der Waals surface area contributed by atoms with E-state index in [0.717, 1.165) is 49.9 Å². The van der Waals surface area contributed by atoms with Crippen molar-refractivity contribution in [2.75, 3.05) is 18.4 Å². The van der Waals surface area contributed by atoms with E-state index in [-0.39, 0.29) is 5.91 Å². The van der Waals surface area contributed by atoms with E-state index < -0.39 is 0 Å². The van der Waals surface area contributed by atoms with E-state index in [9.17, 15) is 4.79 Å². The maximum absolute atomic E-state index is 12.7. The van der Waals surface area contributed by atoms with Crippen LogP contribution in [-0.4, -0.2) is 38.7 Å². The van der Waals surface area contributed by atoms with Gasteiger partial charge in [-0.2, -0.15) is 0 Å². The van der Waals surface area contributed by atoms with Crippen molar-refractivity contribution in [1.82, 2.24) is 19.7 Å². The highest BCUT2D eigenvalue weighted by Crippen LogP contribution is 2.33. The molecule has 2 aliphatic heterocycles. The van der Waals surface area contributed by atoms with E-state index in [1.165, 1.54) is 0 Å². The van der Waals surface area contributed by atoms with E-state index in [4.69, 9.17) is 4.42 Å². The summed E-state index contributed by atoms with van der Waals surface area (Å²) in [6.07, 6.45) is 2.59. The zero-order valence-corrected chi connectivity index (χ0v) is 14.9. The van der Waals surface area contributed by atoms with Crippen LogP contribution in [0.4, 0.5) is 5.69 Å². The number of fused-ring (bicyclic) bond motifs is 2. The minimum Gasteiger partial charge on any atom is -0.468 e. The quantitative estimate of drug-likeness (QED) is 0.770. The summed E-state index contributed by atoms with van der Waals surface area (Å²) in [5, 5.41) is 11.4. The van der Waals surface area contributed by atoms with Gasteiger partial charge in [-0.1, -0.05) is 18.2 Å². The Morgan fingerprint density at radius 1 is 1.07 bits per heavy atom. The number of hydrogen-bond donors (Lipinski definition) is 1. The van der Waals surface area contributed by atoms with Gasteiger partial charge in [-0.05, 0) is 36.1 Å². The van der Waals surface area contributed by atoms with Gasteiger partial charge in [0.05, 0.1) is 12.8 Å². The van der Waals surface area contributed by atoms with Crippen LogP contribution in [0.2, 0.25) is 0 Å². The van der Waals surface area contributed by atoms with Gasteiger partial charge in [0.25, 0.3) is 5.91 Å². The second-order valence-electron chi connectivity index (χ2n) is 7.37. The monoisotopic (exact) mass is 363 g/mol. The van der Waals surface area contributed by atoms with Crippen LogP contribution in [0.25, 0.3) is 0 Å². The number of nitrogens with zero attached hydrogens (tertiary/aromatic N) is 4. The van der Waals surface area contributed by atoms with Gasteiger partial charge in [0, 0.05) is 31.7 Å². The Labute approximate surface area is 157 Å². The van der Waals surface area contributed by atoms with Gasteiger partial charge in [0.1, 0.15) is 11.6 Å². The Morgan fingerprint density at radius 3 is 2.74 bits per heavy atom. The number of hydrogen-bond acceptors (Lipinski definition) is 5. The number of nitrogens with one attached hydrogen (secondary N) is 1. The summed E-state index contributed by atoms with van der Waals surface area (Å²) in [5.74, 6) is 3.17. The van der Waals surface area contributed by atoms with Crippen molar-refractivity contribution in [2.45, 2.75) is 19.5 Å². The summed E-state index contributed by atoms with van der Waals surface area (Å²) >= 11 is 0. The lowest BCUT2D eigenvalue weighted by molar-refractivity contribution is 0.100. The fourth-order valence-corrected chi connectivity index (χ4v) is 4.25. The van der Waals surface area contributed by atoms with Crippen molar-refractivity contribution < 1.29 is 9.21 Å². The lowest BCUT2D eigenvalue weighted by atomic mass is 9.89. The Bertz CT molecular complexity index is 935. The van der Waals surface area contributed by atoms with Crippen molar-refractivity contribution in [3.8, 4) is 0 Å². The van der Waals surface area contributed by atoms with Gasteiger partial charge >= 0.3 is 0 Å². The molecule has 1 aromatic carbocycles. The van der Waals surface area contributed by atoms with Crippen molar-refractivity contribution in [2.24, 2.45) is 11.8 Å². The van der Waals surface area contributed by atoms with Crippen LogP contribution in [0.3, 0.4) is 0 Å². The van der Waals surface area contributed by atoms with E-state index in [1.807, 2.05) is 47.0 Å². The molecule has 4 heterocycles. The van der Waals surface area contributed by atoms with Crippen LogP contribution in [-0.2, 0) is 19.5 Å². The molecule has 5 rings (SSSR count). The Balaban J connectivity index is 1.30. The first-order valence-corrected chi connectivity index (χ1v) is 9.29. The minimum absolute atomic E-state index is 0.205. The molecule has 0 radical (unpaired) electrons. The highest BCUT2D eigenvalue weighted by atomic mass is 16.3. The third kappa shape index (κ3) is 3.14. The summed E-state index contributed by atoms with van der Waals surface area (Å²) in [4.78, 5) is 15.1. The van der Waals surface area contributed by atoms with Crippen molar-refractivity contribution in [3.05, 3.63) is 66.1 Å². The number of likely N-dealkylation sites (tertiary alicyclic amines) is 1. The van der Waals surface area contributed by atoms with E-state index in [2.05, 4.69) is 20.4 Å². The lowest BCUT2D eigenvalue weighted by Crippen LogP contribution is -2.31. The predicted molar refractivity (Wildman–Crippen MR) is 99.1 cm³/mol. The van der Waals surface area contributed by atoms with Gasteiger partial charge in [0.2, 0.25) is 5.82 Å². The molecule has 7 heteroatoms. The largest absolute Gasteiger partial charge is 0.468 e. The van der Waals surface area contributed by atoms with E-state index >= 15 is 0 Å². The van der Waals surface area contributed by atoms with Crippen LogP contribution >= 0.6 is 0 Å². The van der Waals surface area contributed by atoms with Crippen molar-refractivity contribution >= 4 is 11.6 Å². The highest BCUT2D eigenvalue weighted by Gasteiger charge is 2.39. The number of rotatable bonds is 4. The third-order valence-corrected chi connectivity index (χ3v) is 5.54. The molecule has 0 aliphatic carbocycles. The Morgan fingerprint density at radius 2 is 1.93 bits per heavy atom. The molecule has 1 saturated heterocycles. The smallest absolute Gasteiger partial charge is 0.293 e. The maximum atomic E-state index is 12.7. The summed E-state index contributed by atoms with van der Waals surface area (Å²) < 4.78 is 7.48. The average molecular weight is 363 g/mol. The number of amides is 1. The van der Waals surface area contributed by atoms with Gasteiger partial charge in [-0.25, -0.2) is 0 Å².